The maximum Gasteiger partial charge on any atom is 0.309 e. The Bertz CT molecular complexity index is 907. The van der Waals surface area contributed by atoms with Crippen molar-refractivity contribution in [1.29, 1.82) is 0 Å². The van der Waals surface area contributed by atoms with Gasteiger partial charge in [0.05, 0.1) is 12.5 Å². The number of ether oxygens (including phenoxy) is 5. The Hall–Kier alpha value is -3.09. The van der Waals surface area contributed by atoms with Crippen molar-refractivity contribution in [2.75, 3.05) is 20.2 Å². The quantitative estimate of drug-likeness (QED) is 0.828. The van der Waals surface area contributed by atoms with Crippen LogP contribution in [0.15, 0.2) is 30.3 Å². The van der Waals surface area contributed by atoms with Gasteiger partial charge in [0.2, 0.25) is 13.6 Å². The molecule has 2 aromatic carbocycles. The predicted molar refractivity (Wildman–Crippen MR) is 92.1 cm³/mol. The van der Waals surface area contributed by atoms with Crippen LogP contribution in [0, 0.1) is 11.8 Å². The molecule has 3 aliphatic rings. The van der Waals surface area contributed by atoms with E-state index in [2.05, 4.69) is 0 Å². The average molecular weight is 370 g/mol. The number of hydrogen-bond acceptors (Lipinski definition) is 7. The molecule has 1 N–H and O–H groups in total. The van der Waals surface area contributed by atoms with Crippen molar-refractivity contribution in [2.45, 2.75) is 12.8 Å². The number of cyclic esters (lactones) is 1. The topological polar surface area (TPSA) is 83.5 Å². The van der Waals surface area contributed by atoms with Crippen LogP contribution in [0.3, 0.4) is 0 Å². The van der Waals surface area contributed by atoms with E-state index in [1.54, 1.807) is 12.1 Å². The second-order valence-corrected chi connectivity index (χ2v) is 6.93. The van der Waals surface area contributed by atoms with Crippen molar-refractivity contribution in [3.8, 4) is 28.7 Å². The Labute approximate surface area is 155 Å². The van der Waals surface area contributed by atoms with Crippen LogP contribution in [0.25, 0.3) is 0 Å². The molecule has 5 rings (SSSR count). The van der Waals surface area contributed by atoms with Crippen LogP contribution < -0.4 is 18.9 Å². The third kappa shape index (κ3) is 2.89. The highest BCUT2D eigenvalue weighted by Gasteiger charge is 2.37. The molecule has 3 aliphatic heterocycles. The molecule has 0 aliphatic carbocycles. The highest BCUT2D eigenvalue weighted by molar-refractivity contribution is 5.75. The summed E-state index contributed by atoms with van der Waals surface area (Å²) in [7, 11) is 0. The zero-order valence-corrected chi connectivity index (χ0v) is 14.5. The molecule has 0 radical (unpaired) electrons. The number of carbonyl (C=O) groups is 1. The zero-order valence-electron chi connectivity index (χ0n) is 14.5. The van der Waals surface area contributed by atoms with Crippen LogP contribution in [0.5, 0.6) is 28.7 Å². The van der Waals surface area contributed by atoms with Crippen molar-refractivity contribution in [2.24, 2.45) is 11.8 Å². The Morgan fingerprint density at radius 1 is 0.852 bits per heavy atom. The summed E-state index contributed by atoms with van der Waals surface area (Å²) in [6.07, 6.45) is 1.06. The largest absolute Gasteiger partial charge is 0.508 e. The number of rotatable bonds is 4. The monoisotopic (exact) mass is 370 g/mol. The van der Waals surface area contributed by atoms with Crippen LogP contribution in [0.4, 0.5) is 0 Å². The molecule has 27 heavy (non-hydrogen) atoms. The summed E-state index contributed by atoms with van der Waals surface area (Å²) in [4.78, 5) is 12.3. The molecule has 0 aromatic heterocycles. The number of phenolic OH excluding ortho intramolecular Hbond substituents is 1. The average Bonchev–Trinajstić information content (AvgIpc) is 3.37. The summed E-state index contributed by atoms with van der Waals surface area (Å²) < 4.78 is 26.7. The van der Waals surface area contributed by atoms with Gasteiger partial charge >= 0.3 is 5.97 Å². The standard InChI is InChI=1S/C20H18O7/c21-15-7-19-18(26-10-27-19)6-12(15)5-13-8-23-20(22)14(13)3-11-1-2-16-17(4-11)25-9-24-16/h1-2,4,6-7,13-14,21H,3,5,8-10H2. The number of carbonyl (C=O) groups excluding carboxylic acids is 1. The Morgan fingerprint density at radius 2 is 1.56 bits per heavy atom. The molecular formula is C20H18O7. The maximum atomic E-state index is 12.3. The summed E-state index contributed by atoms with van der Waals surface area (Å²) >= 11 is 0. The van der Waals surface area contributed by atoms with E-state index in [-0.39, 0.29) is 37.1 Å². The van der Waals surface area contributed by atoms with Crippen LogP contribution >= 0.6 is 0 Å². The van der Waals surface area contributed by atoms with Crippen LogP contribution in [-0.4, -0.2) is 31.3 Å². The van der Waals surface area contributed by atoms with Gasteiger partial charge in [0.15, 0.2) is 23.0 Å². The van der Waals surface area contributed by atoms with E-state index in [0.717, 1.165) is 16.9 Å². The van der Waals surface area contributed by atoms with E-state index >= 15 is 0 Å². The first kappa shape index (κ1) is 16.1. The van der Waals surface area contributed by atoms with Gasteiger partial charge in [-0.25, -0.2) is 0 Å². The number of aromatic hydroxyl groups is 1. The fourth-order valence-corrected chi connectivity index (χ4v) is 3.80. The first-order valence-electron chi connectivity index (χ1n) is 8.84. The van der Waals surface area contributed by atoms with Crippen molar-refractivity contribution < 1.29 is 33.6 Å². The molecule has 140 valence electrons. The Kier molecular flexibility index (Phi) is 3.74. The summed E-state index contributed by atoms with van der Waals surface area (Å²) in [6.45, 7) is 0.703. The lowest BCUT2D eigenvalue weighted by atomic mass is 9.84. The van der Waals surface area contributed by atoms with Gasteiger partial charge in [0.1, 0.15) is 5.75 Å². The lowest BCUT2D eigenvalue weighted by Gasteiger charge is -2.16. The molecule has 2 aromatic rings. The summed E-state index contributed by atoms with van der Waals surface area (Å²) in [6, 6.07) is 9.04. The van der Waals surface area contributed by atoms with Gasteiger partial charge in [0, 0.05) is 12.0 Å². The molecule has 7 nitrogen and oxygen atoms in total. The molecule has 0 saturated carbocycles. The smallest absolute Gasteiger partial charge is 0.309 e. The van der Waals surface area contributed by atoms with E-state index in [0.29, 0.717) is 36.7 Å². The van der Waals surface area contributed by atoms with Gasteiger partial charge in [-0.1, -0.05) is 6.07 Å². The SMILES string of the molecule is O=C1OCC(Cc2cc3c(cc2O)OCO3)C1Cc1ccc2c(c1)OCO2. The molecule has 1 fully saturated rings. The van der Waals surface area contributed by atoms with Crippen molar-refractivity contribution in [3.05, 3.63) is 41.5 Å². The highest BCUT2D eigenvalue weighted by Crippen LogP contribution is 2.40. The van der Waals surface area contributed by atoms with Crippen LogP contribution in [0.1, 0.15) is 11.1 Å². The molecule has 0 spiro atoms. The second kappa shape index (κ2) is 6.26. The van der Waals surface area contributed by atoms with Gasteiger partial charge < -0.3 is 28.8 Å². The zero-order chi connectivity index (χ0) is 18.4. The van der Waals surface area contributed by atoms with Crippen molar-refractivity contribution in [1.82, 2.24) is 0 Å². The van der Waals surface area contributed by atoms with E-state index in [1.165, 1.54) is 0 Å². The van der Waals surface area contributed by atoms with Gasteiger partial charge in [-0.05, 0) is 42.2 Å². The number of benzene rings is 2. The number of fused-ring (bicyclic) bond motifs is 2. The molecular weight excluding hydrogens is 352 g/mol. The Morgan fingerprint density at radius 3 is 2.37 bits per heavy atom. The predicted octanol–water partition coefficient (Wildman–Crippen LogP) is 2.42. The minimum atomic E-state index is -0.282. The number of phenols is 1. The third-order valence-corrected chi connectivity index (χ3v) is 5.26. The van der Waals surface area contributed by atoms with Gasteiger partial charge in [0.25, 0.3) is 0 Å². The molecule has 7 heteroatoms. The molecule has 2 atom stereocenters. The van der Waals surface area contributed by atoms with Gasteiger partial charge in [-0.15, -0.1) is 0 Å². The molecule has 3 heterocycles. The van der Waals surface area contributed by atoms with Gasteiger partial charge in [-0.2, -0.15) is 0 Å². The normalized spacial score (nSPS) is 22.1. The van der Waals surface area contributed by atoms with Crippen LogP contribution in [0.2, 0.25) is 0 Å². The highest BCUT2D eigenvalue weighted by atomic mass is 16.7. The summed E-state index contributed by atoms with van der Waals surface area (Å²) in [5.41, 5.74) is 1.71. The number of esters is 1. The minimum absolute atomic E-state index is 0.0332. The maximum absolute atomic E-state index is 12.3. The minimum Gasteiger partial charge on any atom is -0.508 e. The van der Waals surface area contributed by atoms with E-state index in [4.69, 9.17) is 23.7 Å². The Balaban J connectivity index is 1.36. The van der Waals surface area contributed by atoms with E-state index in [1.807, 2.05) is 18.2 Å². The summed E-state index contributed by atoms with van der Waals surface area (Å²) in [5, 5.41) is 10.3. The molecule has 0 amide bonds. The fraction of sp³-hybridized carbons (Fsp3) is 0.350. The fourth-order valence-electron chi connectivity index (χ4n) is 3.80. The molecule has 2 unspecified atom stereocenters. The lowest BCUT2D eigenvalue weighted by Crippen LogP contribution is -2.20. The van der Waals surface area contributed by atoms with E-state index in [9.17, 15) is 9.90 Å². The number of hydrogen-bond donors (Lipinski definition) is 1. The second-order valence-electron chi connectivity index (χ2n) is 6.93. The lowest BCUT2D eigenvalue weighted by molar-refractivity contribution is -0.141. The van der Waals surface area contributed by atoms with Crippen molar-refractivity contribution in [3.63, 3.8) is 0 Å². The molecule has 1 saturated heterocycles. The first-order valence-corrected chi connectivity index (χ1v) is 8.84. The van der Waals surface area contributed by atoms with Crippen molar-refractivity contribution >= 4 is 5.97 Å². The summed E-state index contributed by atoms with van der Waals surface area (Å²) in [5.74, 6) is 2.17. The first-order chi connectivity index (χ1) is 13.2. The van der Waals surface area contributed by atoms with Crippen LogP contribution in [-0.2, 0) is 22.4 Å². The third-order valence-electron chi connectivity index (χ3n) is 5.26. The molecule has 0 bridgehead atoms. The van der Waals surface area contributed by atoms with Gasteiger partial charge in [-0.3, -0.25) is 4.79 Å². The van der Waals surface area contributed by atoms with E-state index < -0.39 is 0 Å².